The van der Waals surface area contributed by atoms with Gasteiger partial charge in [-0.05, 0) is 0 Å². The Kier molecular flexibility index (Phi) is 21.3. The van der Waals surface area contributed by atoms with Crippen molar-refractivity contribution in [2.75, 3.05) is 0 Å². The van der Waals surface area contributed by atoms with Gasteiger partial charge in [-0.1, -0.05) is 0 Å². The van der Waals surface area contributed by atoms with E-state index in [1.165, 1.54) is 0 Å². The topological polar surface area (TPSA) is 170 Å². The summed E-state index contributed by atoms with van der Waals surface area (Å²) in [5.74, 6) is 0. The molecule has 0 atom stereocenters. The standard InChI is InChI=1S/Ca.K.H4O4Si.HO4Si/c;;2*1-5(2,3)4/h;;1-4H;1H/q+2;+1;;-3. The first-order valence-electron chi connectivity index (χ1n) is 1.73. The summed E-state index contributed by atoms with van der Waals surface area (Å²) in [6.45, 7) is 0. The maximum atomic E-state index is 8.69. The van der Waals surface area contributed by atoms with Gasteiger partial charge in [-0.2, -0.15) is 0 Å². The average molecular weight is 268 g/mol. The smallest absolute Gasteiger partial charge is 0.861 e. The van der Waals surface area contributed by atoms with Crippen molar-refractivity contribution in [3.05, 3.63) is 0 Å². The fourth-order valence-electron chi connectivity index (χ4n) is 0. The first-order chi connectivity index (χ1) is 4.00. The van der Waals surface area contributed by atoms with E-state index in [1.54, 1.807) is 0 Å². The van der Waals surface area contributed by atoms with Crippen molar-refractivity contribution in [3.63, 3.8) is 0 Å². The van der Waals surface area contributed by atoms with E-state index >= 15 is 0 Å². The van der Waals surface area contributed by atoms with Crippen molar-refractivity contribution in [3.8, 4) is 0 Å². The SMILES string of the molecule is O[Si](O)(O)O.[Ca+2].[K+].[O-][Si]([O-])([O-])O. The van der Waals surface area contributed by atoms with E-state index in [-0.39, 0.29) is 89.1 Å². The Morgan fingerprint density at radius 1 is 0.750 bits per heavy atom. The predicted octanol–water partition coefficient (Wildman–Crippen LogP) is -10.5. The molecule has 0 unspecified atom stereocenters. The van der Waals surface area contributed by atoms with Gasteiger partial charge >= 0.3 is 98.2 Å². The van der Waals surface area contributed by atoms with E-state index in [0.717, 1.165) is 0 Å². The Bertz CT molecular complexity index is 60.0. The van der Waals surface area contributed by atoms with Crippen LogP contribution >= 0.6 is 0 Å². The summed E-state index contributed by atoms with van der Waals surface area (Å²) in [6, 6.07) is 0. The quantitative estimate of drug-likeness (QED) is 0.269. The minimum atomic E-state index is -5.36. The van der Waals surface area contributed by atoms with E-state index < -0.39 is 18.1 Å². The second-order valence-electron chi connectivity index (χ2n) is 1.12. The van der Waals surface area contributed by atoms with Crippen LogP contribution in [0.15, 0.2) is 0 Å². The van der Waals surface area contributed by atoms with E-state index in [1.807, 2.05) is 0 Å². The molecule has 64 valence electrons. The van der Waals surface area contributed by atoms with Gasteiger partial charge in [0, 0.05) is 0 Å². The van der Waals surface area contributed by atoms with Gasteiger partial charge in [-0.25, -0.2) is 0 Å². The molecule has 0 aliphatic rings. The van der Waals surface area contributed by atoms with Crippen LogP contribution in [-0.4, -0.2) is 79.8 Å². The van der Waals surface area contributed by atoms with Gasteiger partial charge in [-0.15, -0.1) is 9.05 Å². The summed E-state index contributed by atoms with van der Waals surface area (Å²) in [4.78, 5) is 62.4. The molecule has 0 amide bonds. The van der Waals surface area contributed by atoms with Gasteiger partial charge in [0.05, 0.1) is 0 Å². The molecule has 0 aromatic heterocycles. The Labute approximate surface area is 143 Å². The van der Waals surface area contributed by atoms with Crippen LogP contribution in [0.5, 0.6) is 0 Å². The maximum Gasteiger partial charge on any atom is 2.00 e. The minimum Gasteiger partial charge on any atom is -0.861 e. The average Bonchev–Trinajstić information content (AvgIpc) is 1.12. The second-order valence-corrected chi connectivity index (χ2v) is 3.37. The second kappa shape index (κ2) is 10.5. The molecule has 0 aromatic rings. The number of rotatable bonds is 0. The summed E-state index contributed by atoms with van der Waals surface area (Å²) in [7, 11) is -9.97. The van der Waals surface area contributed by atoms with Crippen LogP contribution in [-0.2, 0) is 0 Å². The largest absolute Gasteiger partial charge is 2.00 e. The molecule has 0 saturated heterocycles. The third-order valence-corrected chi connectivity index (χ3v) is 0. The molecule has 0 rings (SSSR count). The molecule has 0 aliphatic carbocycles. The summed E-state index contributed by atoms with van der Waals surface area (Å²) in [5, 5.41) is 0. The molecule has 0 aromatic carbocycles. The van der Waals surface area contributed by atoms with Crippen LogP contribution in [0.2, 0.25) is 0 Å². The van der Waals surface area contributed by atoms with E-state index in [4.69, 9.17) is 38.4 Å². The third kappa shape index (κ3) is 207. The Balaban J connectivity index is -0.0000000457. The van der Waals surface area contributed by atoms with E-state index in [2.05, 4.69) is 0 Å². The molecular weight excluding hydrogens is 263 g/mol. The minimum absolute atomic E-state index is 0. The molecule has 0 saturated carbocycles. The normalized spacial score (nSPS) is 10.0. The zero-order valence-corrected chi connectivity index (χ0v) is 13.5. The fraction of sp³-hybridized carbons (Fsp3) is 0. The van der Waals surface area contributed by atoms with Crippen LogP contribution in [0.1, 0.15) is 0 Å². The molecule has 0 bridgehead atoms. The summed E-state index contributed by atoms with van der Waals surface area (Å²) in [6.07, 6.45) is 0. The van der Waals surface area contributed by atoms with Crippen molar-refractivity contribution in [1.29, 1.82) is 0 Å². The van der Waals surface area contributed by atoms with Crippen molar-refractivity contribution in [1.82, 2.24) is 0 Å². The van der Waals surface area contributed by atoms with Crippen molar-refractivity contribution in [2.45, 2.75) is 0 Å². The molecule has 12 heavy (non-hydrogen) atoms. The molecular formula is H5CaKO8Si2. The van der Waals surface area contributed by atoms with E-state index in [0.29, 0.717) is 0 Å². The first-order valence-corrected chi connectivity index (χ1v) is 5.19. The molecule has 8 nitrogen and oxygen atoms in total. The van der Waals surface area contributed by atoms with Gasteiger partial charge in [0.2, 0.25) is 0 Å². The zero-order chi connectivity index (χ0) is 9.00. The van der Waals surface area contributed by atoms with Crippen LogP contribution in [0.4, 0.5) is 0 Å². The Morgan fingerprint density at radius 2 is 0.750 bits per heavy atom. The molecule has 0 radical (unpaired) electrons. The van der Waals surface area contributed by atoms with Gasteiger partial charge in [0.25, 0.3) is 0 Å². The first kappa shape index (κ1) is 24.3. The molecule has 0 spiro atoms. The van der Waals surface area contributed by atoms with Gasteiger partial charge in [-0.3, -0.25) is 0 Å². The predicted molar refractivity (Wildman–Crippen MR) is 28.4 cm³/mol. The van der Waals surface area contributed by atoms with Crippen molar-refractivity contribution < 1.29 is 89.7 Å². The Morgan fingerprint density at radius 3 is 0.750 bits per heavy atom. The van der Waals surface area contributed by atoms with Crippen LogP contribution in [0.25, 0.3) is 0 Å². The van der Waals surface area contributed by atoms with Gasteiger partial charge in [0.15, 0.2) is 0 Å². The van der Waals surface area contributed by atoms with Crippen LogP contribution < -0.4 is 65.8 Å². The molecule has 0 aliphatic heterocycles. The summed E-state index contributed by atoms with van der Waals surface area (Å²) in [5.41, 5.74) is 0. The zero-order valence-electron chi connectivity index (χ0n) is 6.17. The van der Waals surface area contributed by atoms with Gasteiger partial charge < -0.3 is 38.4 Å². The fourth-order valence-corrected chi connectivity index (χ4v) is 0. The maximum absolute atomic E-state index is 8.69. The number of hydrogen-bond acceptors (Lipinski definition) is 8. The van der Waals surface area contributed by atoms with Crippen LogP contribution in [0, 0.1) is 0 Å². The number of hydrogen-bond donors (Lipinski definition) is 5. The Hall–Kier alpha value is 3.01. The molecule has 12 heteroatoms. The molecule has 0 fully saturated rings. The molecule has 0 heterocycles. The van der Waals surface area contributed by atoms with Gasteiger partial charge in [0.1, 0.15) is 0 Å². The van der Waals surface area contributed by atoms with Crippen molar-refractivity contribution in [2.24, 2.45) is 0 Å². The van der Waals surface area contributed by atoms with E-state index in [9.17, 15) is 0 Å². The van der Waals surface area contributed by atoms with Crippen molar-refractivity contribution >= 4 is 55.8 Å². The summed E-state index contributed by atoms with van der Waals surface area (Å²) < 4.78 is 0. The molecule has 5 N–H and O–H groups in total. The monoisotopic (exact) mass is 268 g/mol. The summed E-state index contributed by atoms with van der Waals surface area (Å²) >= 11 is 0. The van der Waals surface area contributed by atoms with Crippen LogP contribution in [0.3, 0.4) is 0 Å². The third-order valence-electron chi connectivity index (χ3n) is 0.